The quantitative estimate of drug-likeness (QED) is 0.215. The summed E-state index contributed by atoms with van der Waals surface area (Å²) in [6.45, 7) is 8.54. The lowest BCUT2D eigenvalue weighted by atomic mass is 9.63. The number of ether oxygens (including phenoxy) is 1. The highest BCUT2D eigenvalue weighted by Gasteiger charge is 2.49. The maximum atomic E-state index is 14.0. The molecule has 3 aliphatic rings. The zero-order valence-corrected chi connectivity index (χ0v) is 28.2. The molecule has 0 radical (unpaired) electrons. The summed E-state index contributed by atoms with van der Waals surface area (Å²) >= 11 is 7.28. The summed E-state index contributed by atoms with van der Waals surface area (Å²) in [5.41, 5.74) is 3.64. The predicted octanol–water partition coefficient (Wildman–Crippen LogP) is 7.86. The number of hydrogen-bond acceptors (Lipinski definition) is 7. The molecule has 44 heavy (non-hydrogen) atoms. The number of carboxylic acid groups (broad SMARTS) is 1. The lowest BCUT2D eigenvalue weighted by Crippen LogP contribution is -2.45. The molecule has 9 nitrogen and oxygen atoms in total. The zero-order valence-electron chi connectivity index (χ0n) is 25.0. The molecule has 2 aromatic rings. The standard InChI is InChI=1S/C33H34Br2N2O7/c1-32(2)13-23-29(25(38)15-32)28(30-24(36(23)10-9-27(40)41)14-33(3,4)16-26(30)39)19-11-21(34)31(22(35)12-19)44-17-18-5-7-20(8-6-18)37(42)43/h5-8,11-12,28H,9-10,13-17H2,1-4H3,(H,40,41). The summed E-state index contributed by atoms with van der Waals surface area (Å²) < 4.78 is 7.33. The van der Waals surface area contributed by atoms with Gasteiger partial charge in [0.25, 0.3) is 5.69 Å². The molecule has 2 aromatic carbocycles. The van der Waals surface area contributed by atoms with Crippen molar-refractivity contribution >= 4 is 55.1 Å². The average Bonchev–Trinajstić information content (AvgIpc) is 2.89. The molecule has 232 valence electrons. The van der Waals surface area contributed by atoms with E-state index >= 15 is 0 Å². The Morgan fingerprint density at radius 1 is 0.955 bits per heavy atom. The van der Waals surface area contributed by atoms with Gasteiger partial charge in [0.15, 0.2) is 11.6 Å². The number of carbonyl (C=O) groups excluding carboxylic acids is 2. The molecular weight excluding hydrogens is 696 g/mol. The minimum atomic E-state index is -0.934. The lowest BCUT2D eigenvalue weighted by molar-refractivity contribution is -0.384. The van der Waals surface area contributed by atoms with E-state index in [0.29, 0.717) is 51.5 Å². The molecule has 1 heterocycles. The van der Waals surface area contributed by atoms with E-state index in [2.05, 4.69) is 31.9 Å². The maximum Gasteiger partial charge on any atom is 0.305 e. The number of allylic oxidation sites excluding steroid dienone is 4. The van der Waals surface area contributed by atoms with Crippen molar-refractivity contribution in [1.29, 1.82) is 0 Å². The molecule has 0 unspecified atom stereocenters. The van der Waals surface area contributed by atoms with Gasteiger partial charge in [0, 0.05) is 60.0 Å². The zero-order chi connectivity index (χ0) is 32.1. The van der Waals surface area contributed by atoms with E-state index in [1.54, 1.807) is 12.1 Å². The van der Waals surface area contributed by atoms with E-state index in [4.69, 9.17) is 4.74 Å². The number of carboxylic acids is 1. The minimum Gasteiger partial charge on any atom is -0.487 e. The Kier molecular flexibility index (Phi) is 8.67. The van der Waals surface area contributed by atoms with Crippen LogP contribution in [0, 0.1) is 20.9 Å². The molecule has 2 aliphatic carbocycles. The molecule has 0 spiro atoms. The van der Waals surface area contributed by atoms with Crippen molar-refractivity contribution < 1.29 is 29.2 Å². The summed E-state index contributed by atoms with van der Waals surface area (Å²) in [4.78, 5) is 52.1. The SMILES string of the molecule is CC1(C)CC(=O)C2=C(C1)N(CCC(=O)O)C1=C(C(=O)CC(C)(C)C1)C2c1cc(Br)c(OCc2ccc([N+](=O)[O-])cc2)c(Br)c1. The molecule has 0 atom stereocenters. The number of Topliss-reactive ketones (excluding diaryl/α,β-unsaturated/α-hetero) is 2. The smallest absolute Gasteiger partial charge is 0.305 e. The summed E-state index contributed by atoms with van der Waals surface area (Å²) in [6, 6.07) is 9.89. The van der Waals surface area contributed by atoms with Crippen LogP contribution in [0.25, 0.3) is 0 Å². The van der Waals surface area contributed by atoms with Gasteiger partial charge < -0.3 is 14.7 Å². The van der Waals surface area contributed by atoms with Crippen LogP contribution in [0.3, 0.4) is 0 Å². The van der Waals surface area contributed by atoms with Crippen LogP contribution in [0.5, 0.6) is 5.75 Å². The first-order chi connectivity index (χ1) is 20.6. The van der Waals surface area contributed by atoms with Crippen LogP contribution in [-0.2, 0) is 21.0 Å². The van der Waals surface area contributed by atoms with Gasteiger partial charge in [-0.15, -0.1) is 0 Å². The number of carbonyl (C=O) groups is 3. The number of benzene rings is 2. The van der Waals surface area contributed by atoms with Gasteiger partial charge in [-0.2, -0.15) is 0 Å². The monoisotopic (exact) mass is 728 g/mol. The third-order valence-electron chi connectivity index (χ3n) is 8.46. The average molecular weight is 730 g/mol. The highest BCUT2D eigenvalue weighted by Crippen LogP contribution is 2.55. The maximum absolute atomic E-state index is 14.0. The molecule has 0 bridgehead atoms. The molecule has 0 saturated heterocycles. The third kappa shape index (κ3) is 6.40. The van der Waals surface area contributed by atoms with Crippen molar-refractivity contribution in [1.82, 2.24) is 4.90 Å². The fourth-order valence-corrected chi connectivity index (χ4v) is 8.06. The predicted molar refractivity (Wildman–Crippen MR) is 171 cm³/mol. The second kappa shape index (κ2) is 11.9. The molecule has 0 aromatic heterocycles. The van der Waals surface area contributed by atoms with Gasteiger partial charge in [0.2, 0.25) is 0 Å². The molecule has 5 rings (SSSR count). The van der Waals surface area contributed by atoms with Crippen LogP contribution < -0.4 is 4.74 Å². The Morgan fingerprint density at radius 2 is 1.45 bits per heavy atom. The number of halogens is 2. The van der Waals surface area contributed by atoms with Crippen molar-refractivity contribution in [2.45, 2.75) is 72.3 Å². The highest BCUT2D eigenvalue weighted by molar-refractivity contribution is 9.11. The van der Waals surface area contributed by atoms with Crippen molar-refractivity contribution in [3.8, 4) is 5.75 Å². The number of nitro groups is 1. The van der Waals surface area contributed by atoms with E-state index in [9.17, 15) is 29.6 Å². The summed E-state index contributed by atoms with van der Waals surface area (Å²) in [5, 5.41) is 20.6. The van der Waals surface area contributed by atoms with E-state index in [1.807, 2.05) is 44.7 Å². The number of non-ortho nitro benzene ring substituents is 1. The van der Waals surface area contributed by atoms with Crippen LogP contribution in [0.2, 0.25) is 0 Å². The Hall–Kier alpha value is -3.31. The molecule has 1 N–H and O–H groups in total. The van der Waals surface area contributed by atoms with Crippen molar-refractivity contribution in [2.24, 2.45) is 10.8 Å². The van der Waals surface area contributed by atoms with E-state index < -0.39 is 16.8 Å². The number of rotatable bonds is 8. The first-order valence-corrected chi connectivity index (χ1v) is 16.0. The largest absolute Gasteiger partial charge is 0.487 e. The number of nitrogens with zero attached hydrogens (tertiary/aromatic N) is 2. The first-order valence-electron chi connectivity index (χ1n) is 14.4. The Morgan fingerprint density at radius 3 is 1.91 bits per heavy atom. The summed E-state index contributed by atoms with van der Waals surface area (Å²) in [7, 11) is 0. The van der Waals surface area contributed by atoms with Gasteiger partial charge in [-0.25, -0.2) is 0 Å². The third-order valence-corrected chi connectivity index (χ3v) is 9.63. The topological polar surface area (TPSA) is 127 Å². The Labute approximate surface area is 272 Å². The van der Waals surface area contributed by atoms with Crippen LogP contribution >= 0.6 is 31.9 Å². The fourth-order valence-electron chi connectivity index (χ4n) is 6.61. The molecule has 0 fully saturated rings. The molecule has 11 heteroatoms. The van der Waals surface area contributed by atoms with Gasteiger partial charge in [0.05, 0.1) is 20.3 Å². The lowest BCUT2D eigenvalue weighted by Gasteiger charge is -2.49. The van der Waals surface area contributed by atoms with Crippen LogP contribution in [0.15, 0.2) is 67.9 Å². The molecule has 1 aliphatic heterocycles. The Bertz CT molecular complexity index is 1560. The Balaban J connectivity index is 1.59. The number of nitro benzene ring substituents is 1. The number of aliphatic carboxylic acids is 1. The highest BCUT2D eigenvalue weighted by atomic mass is 79.9. The molecule has 0 saturated carbocycles. The van der Waals surface area contributed by atoms with Gasteiger partial charge in [-0.1, -0.05) is 27.7 Å². The van der Waals surface area contributed by atoms with E-state index in [1.165, 1.54) is 12.1 Å². The van der Waals surface area contributed by atoms with Crippen molar-refractivity contribution in [3.05, 3.63) is 89.1 Å². The van der Waals surface area contributed by atoms with Crippen LogP contribution in [0.4, 0.5) is 5.69 Å². The fraction of sp³-hybridized carbons (Fsp3) is 0.424. The first kappa shape index (κ1) is 32.1. The second-order valence-electron chi connectivity index (χ2n) is 13.4. The number of ketones is 2. The van der Waals surface area contributed by atoms with E-state index in [-0.39, 0.29) is 47.7 Å². The normalized spacial score (nSPS) is 19.5. The van der Waals surface area contributed by atoms with E-state index in [0.717, 1.165) is 22.5 Å². The van der Waals surface area contributed by atoms with Crippen molar-refractivity contribution in [3.63, 3.8) is 0 Å². The van der Waals surface area contributed by atoms with Gasteiger partial charge in [-0.05, 0) is 90.9 Å². The van der Waals surface area contributed by atoms with Crippen molar-refractivity contribution in [2.75, 3.05) is 6.54 Å². The van der Waals surface area contributed by atoms with Gasteiger partial charge in [-0.3, -0.25) is 24.5 Å². The number of hydrogen-bond donors (Lipinski definition) is 1. The van der Waals surface area contributed by atoms with Gasteiger partial charge >= 0.3 is 5.97 Å². The molecular formula is C33H34Br2N2O7. The summed E-state index contributed by atoms with van der Waals surface area (Å²) in [6.07, 6.45) is 1.73. The second-order valence-corrected chi connectivity index (χ2v) is 15.1. The minimum absolute atomic E-state index is 0.00175. The van der Waals surface area contributed by atoms with Crippen LogP contribution in [0.1, 0.15) is 76.8 Å². The molecule has 0 amide bonds. The van der Waals surface area contributed by atoms with Crippen LogP contribution in [-0.4, -0.2) is 39.0 Å². The summed E-state index contributed by atoms with van der Waals surface area (Å²) in [5.74, 6) is -1.07. The van der Waals surface area contributed by atoms with Gasteiger partial charge in [0.1, 0.15) is 12.4 Å².